The average molecular weight is 447 g/mol. The molecule has 4 heterocycles. The van der Waals surface area contributed by atoms with Crippen LogP contribution in [0.15, 0.2) is 42.9 Å². The number of rotatable bonds is 4. The van der Waals surface area contributed by atoms with Crippen molar-refractivity contribution >= 4 is 28.3 Å². The molecule has 0 radical (unpaired) electrons. The average Bonchev–Trinajstić information content (AvgIpc) is 3.40. The number of piperidine rings is 1. The van der Waals surface area contributed by atoms with E-state index in [2.05, 4.69) is 40.5 Å². The summed E-state index contributed by atoms with van der Waals surface area (Å²) in [6.45, 7) is 7.82. The van der Waals surface area contributed by atoms with Gasteiger partial charge in [-0.25, -0.2) is 4.98 Å². The van der Waals surface area contributed by atoms with E-state index in [0.717, 1.165) is 46.7 Å². The minimum atomic E-state index is -0.0959. The molecule has 172 valence electrons. The third-order valence-corrected chi connectivity index (χ3v) is 6.19. The quantitative estimate of drug-likeness (QED) is 0.484. The van der Waals surface area contributed by atoms with Gasteiger partial charge in [0, 0.05) is 47.8 Å². The van der Waals surface area contributed by atoms with Crippen LogP contribution in [-0.4, -0.2) is 55.9 Å². The van der Waals surface area contributed by atoms with Gasteiger partial charge in [-0.3, -0.25) is 14.2 Å². The summed E-state index contributed by atoms with van der Waals surface area (Å²) < 4.78 is 7.51. The van der Waals surface area contributed by atoms with Crippen LogP contribution in [0.1, 0.15) is 55.7 Å². The van der Waals surface area contributed by atoms with E-state index in [4.69, 9.17) is 9.72 Å². The summed E-state index contributed by atoms with van der Waals surface area (Å²) in [7, 11) is 1.65. The number of likely N-dealkylation sites (tertiary alicyclic amines) is 1. The Labute approximate surface area is 193 Å². The predicted octanol–water partition coefficient (Wildman–Crippen LogP) is 4.45. The Hall–Kier alpha value is -3.55. The maximum absolute atomic E-state index is 13.2. The molecule has 0 spiro atoms. The van der Waals surface area contributed by atoms with Crippen LogP contribution in [0.25, 0.3) is 16.6 Å². The summed E-state index contributed by atoms with van der Waals surface area (Å²) in [5.74, 6) is 2.09. The zero-order chi connectivity index (χ0) is 23.2. The second-order valence-electron chi connectivity index (χ2n) is 9.70. The molecule has 1 aliphatic rings. The second kappa shape index (κ2) is 8.10. The lowest BCUT2D eigenvalue weighted by Crippen LogP contribution is -2.38. The van der Waals surface area contributed by atoms with Crippen molar-refractivity contribution in [3.8, 4) is 5.75 Å². The van der Waals surface area contributed by atoms with Gasteiger partial charge in [0.25, 0.3) is 5.91 Å². The Kier molecular flexibility index (Phi) is 5.23. The Balaban J connectivity index is 1.36. The first-order valence-electron chi connectivity index (χ1n) is 11.4. The van der Waals surface area contributed by atoms with Crippen LogP contribution in [0, 0.1) is 0 Å². The summed E-state index contributed by atoms with van der Waals surface area (Å²) in [4.78, 5) is 27.6. The van der Waals surface area contributed by atoms with Crippen molar-refractivity contribution in [2.24, 2.45) is 0 Å². The van der Waals surface area contributed by atoms with Crippen LogP contribution in [0.3, 0.4) is 0 Å². The number of hydrogen-bond donors (Lipinski definition) is 2. The van der Waals surface area contributed by atoms with Gasteiger partial charge in [-0.2, -0.15) is 0 Å². The monoisotopic (exact) mass is 446 g/mol. The van der Waals surface area contributed by atoms with Gasteiger partial charge in [0.2, 0.25) is 0 Å². The fourth-order valence-corrected chi connectivity index (χ4v) is 4.64. The molecule has 0 atom stereocenters. The number of aromatic amines is 1. The van der Waals surface area contributed by atoms with Crippen LogP contribution in [0.5, 0.6) is 5.75 Å². The fourth-order valence-electron chi connectivity index (χ4n) is 4.64. The lowest BCUT2D eigenvalue weighted by molar-refractivity contribution is 0.0707. The molecule has 1 saturated heterocycles. The molecule has 5 rings (SSSR count). The Morgan fingerprint density at radius 2 is 2.03 bits per heavy atom. The van der Waals surface area contributed by atoms with Gasteiger partial charge in [-0.1, -0.05) is 6.07 Å². The first kappa shape index (κ1) is 21.3. The van der Waals surface area contributed by atoms with Crippen molar-refractivity contribution in [2.45, 2.75) is 45.1 Å². The van der Waals surface area contributed by atoms with Gasteiger partial charge >= 0.3 is 0 Å². The summed E-state index contributed by atoms with van der Waals surface area (Å²) in [6, 6.07) is 7.68. The SMILES string of the molecule is COc1cccc2[nH]c(C(=O)N3CCC(c4nc5cnccn5c4NC(C)(C)C)CC3)cc12. The molecule has 1 aliphatic heterocycles. The molecular formula is C25H30N6O2. The van der Waals surface area contributed by atoms with Crippen LogP contribution >= 0.6 is 0 Å². The molecule has 1 fully saturated rings. The maximum atomic E-state index is 13.2. The number of aromatic nitrogens is 4. The molecule has 0 unspecified atom stereocenters. The molecular weight excluding hydrogens is 416 g/mol. The van der Waals surface area contributed by atoms with E-state index >= 15 is 0 Å². The van der Waals surface area contributed by atoms with Crippen LogP contribution in [0.4, 0.5) is 5.82 Å². The third kappa shape index (κ3) is 4.01. The minimum absolute atomic E-state index is 0.0268. The fraction of sp³-hybridized carbons (Fsp3) is 0.400. The number of benzene rings is 1. The van der Waals surface area contributed by atoms with Crippen molar-refractivity contribution in [3.05, 3.63) is 54.2 Å². The Morgan fingerprint density at radius 3 is 2.76 bits per heavy atom. The number of nitrogens with zero attached hydrogens (tertiary/aromatic N) is 4. The summed E-state index contributed by atoms with van der Waals surface area (Å²) >= 11 is 0. The highest BCUT2D eigenvalue weighted by Crippen LogP contribution is 2.35. The number of H-pyrrole nitrogens is 1. The Morgan fingerprint density at radius 1 is 1.24 bits per heavy atom. The molecule has 2 N–H and O–H groups in total. The molecule has 1 amide bonds. The highest BCUT2D eigenvalue weighted by Gasteiger charge is 2.30. The molecule has 0 bridgehead atoms. The first-order valence-corrected chi connectivity index (χ1v) is 11.4. The lowest BCUT2D eigenvalue weighted by atomic mass is 9.92. The number of methoxy groups -OCH3 is 1. The van der Waals surface area contributed by atoms with Gasteiger partial charge in [0.05, 0.1) is 19.0 Å². The van der Waals surface area contributed by atoms with Crippen molar-refractivity contribution in [3.63, 3.8) is 0 Å². The van der Waals surface area contributed by atoms with E-state index in [0.29, 0.717) is 18.8 Å². The molecule has 3 aromatic heterocycles. The van der Waals surface area contributed by atoms with Crippen molar-refractivity contribution in [2.75, 3.05) is 25.5 Å². The van der Waals surface area contributed by atoms with Crippen LogP contribution < -0.4 is 10.1 Å². The highest BCUT2D eigenvalue weighted by molar-refractivity contribution is 5.99. The molecule has 0 saturated carbocycles. The molecule has 0 aliphatic carbocycles. The molecule has 1 aromatic carbocycles. The maximum Gasteiger partial charge on any atom is 0.270 e. The van der Waals surface area contributed by atoms with Crippen LogP contribution in [-0.2, 0) is 0 Å². The summed E-state index contributed by atoms with van der Waals surface area (Å²) in [6.07, 6.45) is 7.25. The third-order valence-electron chi connectivity index (χ3n) is 6.19. The standard InChI is InChI=1S/C25H30N6O2/c1-25(2,3)29-23-22(28-21-15-26-10-13-31(21)23)16-8-11-30(12-9-16)24(32)19-14-17-18(27-19)6-5-7-20(17)33-4/h5-7,10,13-16,27,29H,8-9,11-12H2,1-4H3. The highest BCUT2D eigenvalue weighted by atomic mass is 16.5. The van der Waals surface area contributed by atoms with Crippen molar-refractivity contribution in [1.82, 2.24) is 24.3 Å². The minimum Gasteiger partial charge on any atom is -0.496 e. The summed E-state index contributed by atoms with van der Waals surface area (Å²) in [5.41, 5.74) is 3.30. The zero-order valence-corrected chi connectivity index (χ0v) is 19.6. The molecule has 4 aromatic rings. The smallest absolute Gasteiger partial charge is 0.270 e. The normalized spacial score (nSPS) is 15.3. The topological polar surface area (TPSA) is 87.6 Å². The van der Waals surface area contributed by atoms with E-state index in [1.165, 1.54) is 0 Å². The van der Waals surface area contributed by atoms with Gasteiger partial charge < -0.3 is 19.9 Å². The van der Waals surface area contributed by atoms with E-state index < -0.39 is 0 Å². The molecule has 8 nitrogen and oxygen atoms in total. The predicted molar refractivity (Wildman–Crippen MR) is 129 cm³/mol. The first-order chi connectivity index (χ1) is 15.8. The van der Waals surface area contributed by atoms with Gasteiger partial charge in [-0.05, 0) is 51.8 Å². The van der Waals surface area contributed by atoms with E-state index in [-0.39, 0.29) is 17.4 Å². The largest absolute Gasteiger partial charge is 0.496 e. The van der Waals surface area contributed by atoms with Crippen molar-refractivity contribution < 1.29 is 9.53 Å². The Bertz CT molecular complexity index is 1310. The van der Waals surface area contributed by atoms with Gasteiger partial charge in [-0.15, -0.1) is 0 Å². The van der Waals surface area contributed by atoms with Crippen LogP contribution in [0.2, 0.25) is 0 Å². The number of carbonyl (C=O) groups excluding carboxylic acids is 1. The van der Waals surface area contributed by atoms with Crippen molar-refractivity contribution in [1.29, 1.82) is 0 Å². The number of ether oxygens (including phenoxy) is 1. The van der Waals surface area contributed by atoms with Gasteiger partial charge in [0.1, 0.15) is 17.3 Å². The number of amides is 1. The lowest BCUT2D eigenvalue weighted by Gasteiger charge is -2.32. The second-order valence-corrected chi connectivity index (χ2v) is 9.70. The van der Waals surface area contributed by atoms with E-state index in [1.807, 2.05) is 35.4 Å². The number of hydrogen-bond acceptors (Lipinski definition) is 5. The van der Waals surface area contributed by atoms with E-state index in [9.17, 15) is 4.79 Å². The summed E-state index contributed by atoms with van der Waals surface area (Å²) in [5, 5.41) is 4.56. The number of imidazole rings is 1. The number of carbonyl (C=O) groups is 1. The van der Waals surface area contributed by atoms with E-state index in [1.54, 1.807) is 19.5 Å². The molecule has 33 heavy (non-hydrogen) atoms. The number of anilines is 1. The number of fused-ring (bicyclic) bond motifs is 2. The zero-order valence-electron chi connectivity index (χ0n) is 19.6. The molecule has 8 heteroatoms. The van der Waals surface area contributed by atoms with Gasteiger partial charge in [0.15, 0.2) is 5.65 Å². The number of nitrogens with one attached hydrogen (secondary N) is 2.